The smallest absolute Gasteiger partial charge is 0.289 e. The van der Waals surface area contributed by atoms with E-state index in [2.05, 4.69) is 20.5 Å². The fraction of sp³-hybridized carbons (Fsp3) is 0.0500. The monoisotopic (exact) mass is 344 g/mol. The fourth-order valence-corrected chi connectivity index (χ4v) is 2.79. The molecule has 4 rings (SSSR count). The van der Waals surface area contributed by atoms with Gasteiger partial charge in [-0.05, 0) is 42.0 Å². The van der Waals surface area contributed by atoms with Gasteiger partial charge in [0, 0.05) is 16.3 Å². The number of amides is 1. The maximum absolute atomic E-state index is 12.3. The second-order valence-corrected chi connectivity index (χ2v) is 5.76. The molecule has 0 atom stereocenters. The summed E-state index contributed by atoms with van der Waals surface area (Å²) in [6.07, 6.45) is 3.24. The molecule has 0 spiro atoms. The molecule has 0 aliphatic carbocycles. The summed E-state index contributed by atoms with van der Waals surface area (Å²) < 4.78 is 5.10. The number of benzene rings is 2. The summed E-state index contributed by atoms with van der Waals surface area (Å²) in [4.78, 5) is 19.8. The van der Waals surface area contributed by atoms with Gasteiger partial charge in [-0.2, -0.15) is 5.10 Å². The Balaban J connectivity index is 1.53. The Morgan fingerprint density at radius 1 is 1.12 bits per heavy atom. The van der Waals surface area contributed by atoms with Gasteiger partial charge in [0.05, 0.1) is 25.0 Å². The Labute approximate surface area is 149 Å². The van der Waals surface area contributed by atoms with Crippen molar-refractivity contribution in [3.05, 3.63) is 72.1 Å². The Morgan fingerprint density at radius 3 is 2.73 bits per heavy atom. The van der Waals surface area contributed by atoms with Crippen molar-refractivity contribution >= 4 is 33.9 Å². The number of nitrogens with one attached hydrogen (secondary N) is 2. The predicted molar refractivity (Wildman–Crippen MR) is 102 cm³/mol. The van der Waals surface area contributed by atoms with E-state index >= 15 is 0 Å². The van der Waals surface area contributed by atoms with E-state index in [0.717, 1.165) is 33.1 Å². The zero-order valence-corrected chi connectivity index (χ0v) is 14.1. The Hall–Kier alpha value is -3.67. The van der Waals surface area contributed by atoms with Crippen LogP contribution in [0.1, 0.15) is 16.1 Å². The highest BCUT2D eigenvalue weighted by atomic mass is 16.5. The number of para-hydroxylation sites is 1. The zero-order valence-electron chi connectivity index (χ0n) is 14.1. The van der Waals surface area contributed by atoms with Crippen molar-refractivity contribution in [3.63, 3.8) is 0 Å². The molecule has 2 heterocycles. The van der Waals surface area contributed by atoms with Crippen LogP contribution in [0.2, 0.25) is 0 Å². The van der Waals surface area contributed by atoms with E-state index < -0.39 is 0 Å². The number of H-pyrrole nitrogens is 1. The summed E-state index contributed by atoms with van der Waals surface area (Å²) in [5.41, 5.74) is 5.58. The molecule has 2 aromatic carbocycles. The molecule has 0 aliphatic heterocycles. The molecule has 2 aromatic heterocycles. The van der Waals surface area contributed by atoms with Crippen LogP contribution in [0.25, 0.3) is 21.8 Å². The van der Waals surface area contributed by atoms with E-state index in [0.29, 0.717) is 5.69 Å². The quantitative estimate of drug-likeness (QED) is 0.439. The van der Waals surface area contributed by atoms with E-state index in [9.17, 15) is 4.79 Å². The number of hydrogen-bond acceptors (Lipinski definition) is 4. The van der Waals surface area contributed by atoms with Gasteiger partial charge in [-0.15, -0.1) is 0 Å². The average molecular weight is 344 g/mol. The van der Waals surface area contributed by atoms with E-state index in [4.69, 9.17) is 4.74 Å². The molecule has 0 fully saturated rings. The molecule has 2 N–H and O–H groups in total. The number of aromatic amines is 1. The number of ether oxygens (including phenoxy) is 1. The summed E-state index contributed by atoms with van der Waals surface area (Å²) in [5, 5.41) is 6.00. The third-order valence-corrected chi connectivity index (χ3v) is 4.12. The van der Waals surface area contributed by atoms with Crippen molar-refractivity contribution in [2.75, 3.05) is 7.11 Å². The molecule has 6 heteroatoms. The molecule has 0 saturated heterocycles. The van der Waals surface area contributed by atoms with E-state index in [1.54, 1.807) is 25.6 Å². The van der Waals surface area contributed by atoms with Crippen LogP contribution in [-0.2, 0) is 0 Å². The maximum atomic E-state index is 12.3. The first-order chi connectivity index (χ1) is 12.7. The lowest BCUT2D eigenvalue weighted by Gasteiger charge is -2.01. The molecular weight excluding hydrogens is 328 g/mol. The highest BCUT2D eigenvalue weighted by Crippen LogP contribution is 2.24. The number of carbonyl (C=O) groups is 1. The average Bonchev–Trinajstić information content (AvgIpc) is 3.06. The number of methoxy groups -OCH3 is 1. The van der Waals surface area contributed by atoms with Crippen LogP contribution in [0.15, 0.2) is 65.9 Å². The molecular formula is C20H16N4O2. The molecule has 26 heavy (non-hydrogen) atoms. The molecule has 0 aliphatic rings. The van der Waals surface area contributed by atoms with Crippen molar-refractivity contribution in [3.8, 4) is 5.75 Å². The minimum Gasteiger partial charge on any atom is -0.497 e. The summed E-state index contributed by atoms with van der Waals surface area (Å²) in [7, 11) is 1.61. The standard InChI is InChI=1S/C20H16N4O2/c1-26-14-8-6-13(7-9-14)11-22-24-20(25)18-10-16-15-4-2-3-5-17(15)23-19(16)12-21-18/h2-12,23H,1H3,(H,24,25)/b22-11-. The number of rotatable bonds is 4. The summed E-state index contributed by atoms with van der Waals surface area (Å²) in [5.74, 6) is 0.407. The van der Waals surface area contributed by atoms with Gasteiger partial charge in [-0.3, -0.25) is 4.79 Å². The minimum atomic E-state index is -0.359. The number of hydrazone groups is 1. The molecule has 6 nitrogen and oxygen atoms in total. The predicted octanol–water partition coefficient (Wildman–Crippen LogP) is 3.49. The first-order valence-electron chi connectivity index (χ1n) is 8.08. The van der Waals surface area contributed by atoms with E-state index in [1.807, 2.05) is 48.5 Å². The number of hydrogen-bond donors (Lipinski definition) is 2. The SMILES string of the molecule is COc1ccc(/C=N\NC(=O)c2cc3c(cn2)[nH]c2ccccc23)cc1. The van der Waals surface area contributed by atoms with Crippen molar-refractivity contribution in [2.24, 2.45) is 5.10 Å². The van der Waals surface area contributed by atoms with Crippen LogP contribution in [0.4, 0.5) is 0 Å². The largest absolute Gasteiger partial charge is 0.497 e. The molecule has 0 unspecified atom stereocenters. The lowest BCUT2D eigenvalue weighted by Crippen LogP contribution is -2.18. The maximum Gasteiger partial charge on any atom is 0.289 e. The molecule has 0 saturated carbocycles. The third-order valence-electron chi connectivity index (χ3n) is 4.12. The molecule has 0 radical (unpaired) electrons. The number of aromatic nitrogens is 2. The fourth-order valence-electron chi connectivity index (χ4n) is 2.79. The highest BCUT2D eigenvalue weighted by molar-refractivity contribution is 6.09. The Kier molecular flexibility index (Phi) is 4.07. The van der Waals surface area contributed by atoms with Crippen molar-refractivity contribution < 1.29 is 9.53 Å². The van der Waals surface area contributed by atoms with Crippen LogP contribution in [0.3, 0.4) is 0 Å². The van der Waals surface area contributed by atoms with E-state index in [1.165, 1.54) is 0 Å². The topological polar surface area (TPSA) is 79.4 Å². The first kappa shape index (κ1) is 15.8. The van der Waals surface area contributed by atoms with Gasteiger partial charge in [0.25, 0.3) is 5.91 Å². The summed E-state index contributed by atoms with van der Waals surface area (Å²) in [6.45, 7) is 0. The van der Waals surface area contributed by atoms with E-state index in [-0.39, 0.29) is 5.91 Å². The summed E-state index contributed by atoms with van der Waals surface area (Å²) >= 11 is 0. The number of carbonyl (C=O) groups excluding carboxylic acids is 1. The van der Waals surface area contributed by atoms with Crippen LogP contribution >= 0.6 is 0 Å². The molecule has 4 aromatic rings. The zero-order chi connectivity index (χ0) is 17.9. The lowest BCUT2D eigenvalue weighted by molar-refractivity contribution is 0.0950. The molecule has 0 bridgehead atoms. The van der Waals surface area contributed by atoms with Crippen LogP contribution in [0, 0.1) is 0 Å². The van der Waals surface area contributed by atoms with Gasteiger partial charge in [-0.25, -0.2) is 10.4 Å². The van der Waals surface area contributed by atoms with Crippen molar-refractivity contribution in [1.29, 1.82) is 0 Å². The Morgan fingerprint density at radius 2 is 1.92 bits per heavy atom. The summed E-state index contributed by atoms with van der Waals surface area (Å²) in [6, 6.07) is 17.1. The Bertz CT molecular complexity index is 1110. The van der Waals surface area contributed by atoms with Gasteiger partial charge in [0.1, 0.15) is 11.4 Å². The van der Waals surface area contributed by atoms with Crippen LogP contribution in [0.5, 0.6) is 5.75 Å². The van der Waals surface area contributed by atoms with Gasteiger partial charge in [0.2, 0.25) is 0 Å². The number of pyridine rings is 1. The van der Waals surface area contributed by atoms with Crippen LogP contribution < -0.4 is 10.2 Å². The second-order valence-electron chi connectivity index (χ2n) is 5.76. The second kappa shape index (κ2) is 6.68. The minimum absolute atomic E-state index is 0.314. The first-order valence-corrected chi connectivity index (χ1v) is 8.08. The number of nitrogens with zero attached hydrogens (tertiary/aromatic N) is 2. The lowest BCUT2D eigenvalue weighted by atomic mass is 10.1. The van der Waals surface area contributed by atoms with Gasteiger partial charge in [0.15, 0.2) is 0 Å². The normalized spacial score (nSPS) is 11.3. The van der Waals surface area contributed by atoms with Crippen LogP contribution in [-0.4, -0.2) is 29.2 Å². The van der Waals surface area contributed by atoms with Gasteiger partial charge in [-0.1, -0.05) is 18.2 Å². The van der Waals surface area contributed by atoms with Crippen molar-refractivity contribution in [2.45, 2.75) is 0 Å². The number of fused-ring (bicyclic) bond motifs is 3. The third kappa shape index (κ3) is 3.00. The van der Waals surface area contributed by atoms with Crippen molar-refractivity contribution in [1.82, 2.24) is 15.4 Å². The highest BCUT2D eigenvalue weighted by Gasteiger charge is 2.10. The van der Waals surface area contributed by atoms with Gasteiger partial charge < -0.3 is 9.72 Å². The molecule has 128 valence electrons. The van der Waals surface area contributed by atoms with Gasteiger partial charge >= 0.3 is 0 Å². The molecule has 1 amide bonds.